The van der Waals surface area contributed by atoms with E-state index in [1.165, 1.54) is 0 Å². The Morgan fingerprint density at radius 3 is 1.85 bits per heavy atom. The zero-order valence-electron chi connectivity index (χ0n) is 25.8. The van der Waals surface area contributed by atoms with E-state index in [-0.39, 0.29) is 61.0 Å². The number of hydrogen-bond acceptors (Lipinski definition) is 18. The summed E-state index contributed by atoms with van der Waals surface area (Å²) in [6.45, 7) is 1.87. The third kappa shape index (κ3) is 9.91. The van der Waals surface area contributed by atoms with Crippen LogP contribution in [0.25, 0.3) is 21.5 Å². The molecule has 0 bridgehead atoms. The standard InChI is InChI=1S/C14H11N5O6S.C13H9N5O6S.2Ni/c1-6-2-3-7-5-9(26-25-24-23)11(20)10(8(7)4-6)16-18-14-15-12(13(21)22)17-19-14;19-10-8(25(22,23)24)5-6-3-1-2-4-7(6)9(10)15-17-13-14-11(12(20)21)16-18-13;;/h2-5H,1H3,(H4,15,16,17,18,19,20,21,22,23);1-5H,(H4,14,15,16,17,18,19,20,21,22,23,24);;/p-2. The molecule has 0 spiro atoms. The second-order valence-electron chi connectivity index (χ2n) is 9.67. The second kappa shape index (κ2) is 17.9. The van der Waals surface area contributed by atoms with Gasteiger partial charge < -0.3 is 30.4 Å². The first-order valence-electron chi connectivity index (χ1n) is 13.4. The summed E-state index contributed by atoms with van der Waals surface area (Å²) < 4.78 is 36.5. The van der Waals surface area contributed by atoms with Gasteiger partial charge in [0.25, 0.3) is 10.1 Å². The van der Waals surface area contributed by atoms with Crippen LogP contribution in [0.4, 0.5) is 23.3 Å². The van der Waals surface area contributed by atoms with Crippen LogP contribution in [0.15, 0.2) is 84.8 Å². The molecule has 6 aromatic rings. The number of carboxylic acid groups (broad SMARTS) is 2. The first kappa shape index (κ1) is 42.0. The summed E-state index contributed by atoms with van der Waals surface area (Å²) >= 11 is 0.565. The monoisotopic (exact) mass is 854 g/mol. The summed E-state index contributed by atoms with van der Waals surface area (Å²) in [5.41, 5.74) is 0.743. The zero-order chi connectivity index (χ0) is 36.9. The number of phenolic OH excluding ortho intramolecular Hbond substituents is 2. The molecule has 0 amide bonds. The number of carboxylic acids is 2. The molecule has 2 aromatic heterocycles. The summed E-state index contributed by atoms with van der Waals surface area (Å²) in [7, 11) is -4.71. The van der Waals surface area contributed by atoms with E-state index in [1.807, 2.05) is 13.0 Å². The number of fused-ring (bicyclic) bond motifs is 2. The average Bonchev–Trinajstić information content (AvgIpc) is 3.77. The summed E-state index contributed by atoms with van der Waals surface area (Å²) in [6.07, 6.45) is 0. The molecule has 26 heteroatoms. The van der Waals surface area contributed by atoms with Gasteiger partial charge in [-0.15, -0.1) is 4.33 Å². The van der Waals surface area contributed by atoms with Gasteiger partial charge in [0, 0.05) is 43.8 Å². The smallest absolute Gasteiger partial charge is 0.358 e. The summed E-state index contributed by atoms with van der Waals surface area (Å²) in [6, 6.07) is 14.5. The maximum Gasteiger partial charge on any atom is 0.358 e. The Balaban J connectivity index is 0.000000275. The second-order valence-corrected chi connectivity index (χ2v) is 11.8. The van der Waals surface area contributed by atoms with Crippen LogP contribution in [-0.2, 0) is 52.5 Å². The van der Waals surface area contributed by atoms with Gasteiger partial charge in [0.2, 0.25) is 0 Å². The minimum absolute atomic E-state index is 0. The minimum Gasteiger partial charge on any atom is -0.504 e. The fourth-order valence-corrected chi connectivity index (χ4v) is 5.25. The van der Waals surface area contributed by atoms with Gasteiger partial charge in [0.05, 0.1) is 28.8 Å². The fourth-order valence-electron chi connectivity index (χ4n) is 4.18. The molecule has 4 aromatic carbocycles. The molecule has 0 radical (unpaired) electrons. The Kier molecular flexibility index (Phi) is 14.1. The molecule has 0 unspecified atom stereocenters. The molecular formula is C27H18N10Ni2O12S2-2. The number of rotatable bonds is 10. The zero-order valence-corrected chi connectivity index (χ0v) is 29.4. The van der Waals surface area contributed by atoms with Crippen molar-refractivity contribution in [3.8, 4) is 11.5 Å². The van der Waals surface area contributed by atoms with E-state index in [9.17, 15) is 32.8 Å². The first-order valence-corrected chi connectivity index (χ1v) is 15.6. The number of carbonyl (C=O) groups is 2. The van der Waals surface area contributed by atoms with Crippen molar-refractivity contribution in [2.75, 3.05) is 0 Å². The molecule has 282 valence electrons. The number of hydrogen-bond donors (Lipinski definition) is 6. The Bertz CT molecular complexity index is 2480. The molecule has 0 fully saturated rings. The molecule has 0 aliphatic rings. The van der Waals surface area contributed by atoms with Crippen LogP contribution < -0.4 is 10.2 Å². The van der Waals surface area contributed by atoms with Crippen LogP contribution >= 0.6 is 12.0 Å². The normalized spacial score (nSPS) is 11.3. The Morgan fingerprint density at radius 2 is 1.32 bits per heavy atom. The van der Waals surface area contributed by atoms with Gasteiger partial charge >= 0.3 is 11.9 Å². The van der Waals surface area contributed by atoms with Gasteiger partial charge in [-0.1, -0.05) is 47.0 Å². The molecule has 2 heterocycles. The molecule has 0 saturated heterocycles. The van der Waals surface area contributed by atoms with Gasteiger partial charge in [-0.25, -0.2) is 35.3 Å². The Labute approximate surface area is 319 Å². The van der Waals surface area contributed by atoms with E-state index in [4.69, 9.17) is 15.5 Å². The van der Waals surface area contributed by atoms with Crippen molar-refractivity contribution >= 4 is 78.9 Å². The Morgan fingerprint density at radius 1 is 0.774 bits per heavy atom. The van der Waals surface area contributed by atoms with Crippen LogP contribution in [-0.4, -0.2) is 70.8 Å². The number of azo groups is 2. The number of aryl methyl sites for hydroxylation is 1. The van der Waals surface area contributed by atoms with Gasteiger partial charge in [0.1, 0.15) is 16.3 Å². The molecule has 0 aliphatic heterocycles. The maximum absolute atomic E-state index is 11.4. The molecule has 0 saturated carbocycles. The molecule has 6 N–H and O–H groups in total. The summed E-state index contributed by atoms with van der Waals surface area (Å²) in [4.78, 5) is 28.0. The van der Waals surface area contributed by atoms with Crippen LogP contribution in [0.2, 0.25) is 0 Å². The predicted octanol–water partition coefficient (Wildman–Crippen LogP) is 4.79. The third-order valence-corrected chi connectivity index (χ3v) is 7.83. The fraction of sp³-hybridized carbons (Fsp3) is 0.0370. The van der Waals surface area contributed by atoms with Crippen molar-refractivity contribution in [2.24, 2.45) is 20.5 Å². The van der Waals surface area contributed by atoms with Crippen molar-refractivity contribution in [3.05, 3.63) is 71.8 Å². The number of nitrogens with zero attached hydrogens (tertiary/aromatic N) is 10. The number of aromatic hydroxyl groups is 2. The van der Waals surface area contributed by atoms with E-state index < -0.39 is 50.3 Å². The van der Waals surface area contributed by atoms with E-state index in [0.717, 1.165) is 11.6 Å². The van der Waals surface area contributed by atoms with Crippen molar-refractivity contribution < 1.29 is 90.6 Å². The molecular weight excluding hydrogens is 838 g/mol. The van der Waals surface area contributed by atoms with Crippen molar-refractivity contribution in [1.29, 1.82) is 0 Å². The third-order valence-electron chi connectivity index (χ3n) is 6.34. The number of aromatic nitrogens is 6. The minimum atomic E-state index is -4.71. The number of phenols is 2. The van der Waals surface area contributed by atoms with Crippen molar-refractivity contribution in [1.82, 2.24) is 30.4 Å². The van der Waals surface area contributed by atoms with E-state index >= 15 is 0 Å². The topological polar surface area (TPSA) is 337 Å². The largest absolute Gasteiger partial charge is 0.504 e. The van der Waals surface area contributed by atoms with Gasteiger partial charge in [0.15, 0.2) is 23.1 Å². The molecule has 6 rings (SSSR count). The van der Waals surface area contributed by atoms with E-state index in [1.54, 1.807) is 42.5 Å². The first-order chi connectivity index (χ1) is 24.3. The van der Waals surface area contributed by atoms with Crippen molar-refractivity contribution in [3.63, 3.8) is 0 Å². The molecule has 22 nitrogen and oxygen atoms in total. The van der Waals surface area contributed by atoms with Crippen LogP contribution in [0, 0.1) is 6.92 Å². The number of benzene rings is 4. The van der Waals surface area contributed by atoms with E-state index in [2.05, 4.69) is 60.2 Å². The maximum atomic E-state index is 11.4. The Hall–Kier alpha value is -5.45. The van der Waals surface area contributed by atoms with Gasteiger partial charge in [-0.05, 0) is 35.9 Å². The molecule has 0 atom stereocenters. The predicted molar refractivity (Wildman–Crippen MR) is 169 cm³/mol. The SMILES string of the molecule is Cc1ccc2cc(SOOO)c(O)c(N=Nc3nc(C(=O)O)n[n-]3)c2c1.O=C(O)c1n[n-]c(N=Nc2c(O)c(S(=O)(=O)O)cc3ccccc23)n1.[Ni].[Ni]. The van der Waals surface area contributed by atoms with Crippen LogP contribution in [0.1, 0.15) is 26.8 Å². The van der Waals surface area contributed by atoms with Crippen molar-refractivity contribution in [2.45, 2.75) is 16.7 Å². The quantitative estimate of drug-likeness (QED) is 0.0269. The number of aromatic carboxylic acids is 2. The average molecular weight is 856 g/mol. The van der Waals surface area contributed by atoms with Crippen LogP contribution in [0.5, 0.6) is 11.5 Å². The summed E-state index contributed by atoms with van der Waals surface area (Å²) in [5.74, 6) is -5.61. The molecule has 0 aliphatic carbocycles. The van der Waals surface area contributed by atoms with Crippen LogP contribution in [0.3, 0.4) is 0 Å². The van der Waals surface area contributed by atoms with E-state index in [0.29, 0.717) is 33.6 Å². The van der Waals surface area contributed by atoms with Gasteiger partial charge in [-0.2, -0.15) is 8.42 Å². The van der Waals surface area contributed by atoms with Gasteiger partial charge in [-0.3, -0.25) is 25.0 Å². The molecule has 53 heavy (non-hydrogen) atoms. The summed E-state index contributed by atoms with van der Waals surface area (Å²) in [5, 5.41) is 80.3.